The van der Waals surface area contributed by atoms with Gasteiger partial charge in [0.25, 0.3) is 5.91 Å². The van der Waals surface area contributed by atoms with Crippen LogP contribution in [0.3, 0.4) is 0 Å². The first-order valence-electron chi connectivity index (χ1n) is 7.66. The first-order chi connectivity index (χ1) is 11.4. The molecule has 1 aromatic carbocycles. The van der Waals surface area contributed by atoms with E-state index in [4.69, 9.17) is 22.1 Å². The van der Waals surface area contributed by atoms with Crippen LogP contribution in [0.2, 0.25) is 0 Å². The molecule has 24 heavy (non-hydrogen) atoms. The lowest BCUT2D eigenvalue weighted by molar-refractivity contribution is -0.144. The number of thioether (sulfide) groups is 1. The van der Waals surface area contributed by atoms with Crippen LogP contribution in [0.15, 0.2) is 29.2 Å². The van der Waals surface area contributed by atoms with E-state index in [2.05, 4.69) is 6.92 Å². The minimum atomic E-state index is -1.08. The van der Waals surface area contributed by atoms with E-state index in [0.29, 0.717) is 11.5 Å². The number of carbonyl (C=O) groups is 2. The Labute approximate surface area is 150 Å². The maximum Gasteiger partial charge on any atom is 0.326 e. The molecule has 2 rings (SSSR count). The molecule has 0 aliphatic carbocycles. The van der Waals surface area contributed by atoms with Crippen molar-refractivity contribution in [1.29, 1.82) is 0 Å². The van der Waals surface area contributed by atoms with E-state index in [9.17, 15) is 9.59 Å². The third kappa shape index (κ3) is 4.36. The SMILES string of the molecule is CCCCOc1ccc(/C=C2\SC(=S)N([C@@H](C)C(=O)O)C2=O)cc1. The zero-order chi connectivity index (χ0) is 17.7. The molecule has 0 saturated carbocycles. The van der Waals surface area contributed by atoms with Crippen LogP contribution < -0.4 is 4.74 Å². The lowest BCUT2D eigenvalue weighted by atomic mass is 10.2. The zero-order valence-electron chi connectivity index (χ0n) is 13.5. The smallest absolute Gasteiger partial charge is 0.326 e. The molecule has 7 heteroatoms. The summed E-state index contributed by atoms with van der Waals surface area (Å²) in [5, 5.41) is 9.08. The maximum absolute atomic E-state index is 12.4. The van der Waals surface area contributed by atoms with Crippen LogP contribution in [0.4, 0.5) is 0 Å². The van der Waals surface area contributed by atoms with E-state index >= 15 is 0 Å². The average molecular weight is 365 g/mol. The monoisotopic (exact) mass is 365 g/mol. The normalized spacial score (nSPS) is 17.4. The van der Waals surface area contributed by atoms with Crippen molar-refractivity contribution in [3.63, 3.8) is 0 Å². The van der Waals surface area contributed by atoms with Gasteiger partial charge in [0, 0.05) is 0 Å². The van der Waals surface area contributed by atoms with Gasteiger partial charge in [-0.25, -0.2) is 4.79 Å². The number of aliphatic carboxylic acids is 1. The lowest BCUT2D eigenvalue weighted by Crippen LogP contribution is -2.41. The highest BCUT2D eigenvalue weighted by molar-refractivity contribution is 8.26. The Balaban J connectivity index is 2.10. The second kappa shape index (κ2) is 8.30. The van der Waals surface area contributed by atoms with Crippen molar-refractivity contribution < 1.29 is 19.4 Å². The van der Waals surface area contributed by atoms with E-state index in [1.807, 2.05) is 24.3 Å². The number of unbranched alkanes of at least 4 members (excludes halogenated alkanes) is 1. The van der Waals surface area contributed by atoms with Crippen molar-refractivity contribution >= 4 is 46.3 Å². The number of hydrogen-bond donors (Lipinski definition) is 1. The van der Waals surface area contributed by atoms with Crippen molar-refractivity contribution in [2.24, 2.45) is 0 Å². The van der Waals surface area contributed by atoms with Crippen LogP contribution in [-0.4, -0.2) is 38.9 Å². The average Bonchev–Trinajstić information content (AvgIpc) is 2.82. The molecule has 0 unspecified atom stereocenters. The number of thiocarbonyl (C=S) groups is 1. The van der Waals surface area contributed by atoms with Gasteiger partial charge >= 0.3 is 5.97 Å². The van der Waals surface area contributed by atoms with E-state index < -0.39 is 12.0 Å². The molecule has 1 aliphatic rings. The van der Waals surface area contributed by atoms with E-state index in [1.54, 1.807) is 6.08 Å². The third-order valence-corrected chi connectivity index (χ3v) is 4.84. The van der Waals surface area contributed by atoms with Crippen LogP contribution in [-0.2, 0) is 9.59 Å². The molecule has 1 amide bonds. The lowest BCUT2D eigenvalue weighted by Gasteiger charge is -2.18. The number of ether oxygens (including phenoxy) is 1. The molecule has 1 aliphatic heterocycles. The van der Waals surface area contributed by atoms with Crippen molar-refractivity contribution in [3.8, 4) is 5.75 Å². The van der Waals surface area contributed by atoms with Crippen LogP contribution in [0.5, 0.6) is 5.75 Å². The molecule has 1 saturated heterocycles. The molecule has 0 bridgehead atoms. The Bertz CT molecular complexity index is 670. The van der Waals surface area contributed by atoms with Gasteiger partial charge in [-0.2, -0.15) is 0 Å². The van der Waals surface area contributed by atoms with Gasteiger partial charge in [-0.05, 0) is 37.1 Å². The summed E-state index contributed by atoms with van der Waals surface area (Å²) in [5.41, 5.74) is 0.835. The fraction of sp³-hybridized carbons (Fsp3) is 0.353. The highest BCUT2D eigenvalue weighted by Gasteiger charge is 2.38. The van der Waals surface area contributed by atoms with Crippen molar-refractivity contribution in [2.45, 2.75) is 32.7 Å². The summed E-state index contributed by atoms with van der Waals surface area (Å²) in [6.07, 6.45) is 3.80. The molecule has 1 aromatic rings. The van der Waals surface area contributed by atoms with Gasteiger partial charge in [0.2, 0.25) is 0 Å². The number of nitrogens with zero attached hydrogens (tertiary/aromatic N) is 1. The Morgan fingerprint density at radius 2 is 2.08 bits per heavy atom. The number of amides is 1. The maximum atomic E-state index is 12.4. The van der Waals surface area contributed by atoms with E-state index in [1.165, 1.54) is 6.92 Å². The largest absolute Gasteiger partial charge is 0.494 e. The van der Waals surface area contributed by atoms with Gasteiger partial charge in [-0.15, -0.1) is 0 Å². The first-order valence-corrected chi connectivity index (χ1v) is 8.89. The molecular weight excluding hydrogens is 346 g/mol. The molecule has 1 heterocycles. The highest BCUT2D eigenvalue weighted by Crippen LogP contribution is 2.34. The second-order valence-electron chi connectivity index (χ2n) is 5.34. The molecular formula is C17H19NO4S2. The molecule has 128 valence electrons. The molecule has 1 N–H and O–H groups in total. The predicted octanol–water partition coefficient (Wildman–Crippen LogP) is 3.54. The fourth-order valence-corrected chi connectivity index (χ4v) is 3.49. The summed E-state index contributed by atoms with van der Waals surface area (Å²) >= 11 is 6.25. The summed E-state index contributed by atoms with van der Waals surface area (Å²) in [6, 6.07) is 6.44. The van der Waals surface area contributed by atoms with Gasteiger partial charge in [-0.3, -0.25) is 9.69 Å². The zero-order valence-corrected chi connectivity index (χ0v) is 15.2. The third-order valence-electron chi connectivity index (χ3n) is 3.51. The second-order valence-corrected chi connectivity index (χ2v) is 7.01. The molecule has 1 atom stereocenters. The summed E-state index contributed by atoms with van der Waals surface area (Å²) in [6.45, 7) is 4.23. The van der Waals surface area contributed by atoms with Crippen LogP contribution in [0, 0.1) is 0 Å². The van der Waals surface area contributed by atoms with Crippen molar-refractivity contribution in [3.05, 3.63) is 34.7 Å². The molecule has 0 radical (unpaired) electrons. The van der Waals surface area contributed by atoms with Crippen molar-refractivity contribution in [2.75, 3.05) is 6.61 Å². The van der Waals surface area contributed by atoms with E-state index in [0.717, 1.165) is 40.8 Å². The number of carbonyl (C=O) groups excluding carboxylic acids is 1. The van der Waals surface area contributed by atoms with E-state index in [-0.39, 0.29) is 10.2 Å². The van der Waals surface area contributed by atoms with Crippen LogP contribution >= 0.6 is 24.0 Å². The summed E-state index contributed by atoms with van der Waals surface area (Å²) in [7, 11) is 0. The quantitative estimate of drug-likeness (QED) is 0.453. The summed E-state index contributed by atoms with van der Waals surface area (Å²) in [4.78, 5) is 25.0. The summed E-state index contributed by atoms with van der Waals surface area (Å²) in [5.74, 6) is -0.669. The Morgan fingerprint density at radius 1 is 1.42 bits per heavy atom. The van der Waals surface area contributed by atoms with Gasteiger partial charge in [0.05, 0.1) is 11.5 Å². The first kappa shape index (κ1) is 18.5. The number of benzene rings is 1. The molecule has 0 spiro atoms. The van der Waals surface area contributed by atoms with Gasteiger partial charge < -0.3 is 9.84 Å². The Hall–Kier alpha value is -1.86. The van der Waals surface area contributed by atoms with Crippen LogP contribution in [0.25, 0.3) is 6.08 Å². The van der Waals surface area contributed by atoms with Gasteiger partial charge in [0.15, 0.2) is 0 Å². The number of hydrogen-bond acceptors (Lipinski definition) is 5. The minimum absolute atomic E-state index is 0.265. The molecule has 5 nitrogen and oxygen atoms in total. The van der Waals surface area contributed by atoms with Gasteiger partial charge in [-0.1, -0.05) is 49.5 Å². The number of rotatable bonds is 7. The number of carboxylic acid groups (broad SMARTS) is 1. The Kier molecular flexibility index (Phi) is 6.39. The van der Waals surface area contributed by atoms with Gasteiger partial charge in [0.1, 0.15) is 16.1 Å². The predicted molar refractivity (Wildman–Crippen MR) is 99.0 cm³/mol. The molecule has 1 fully saturated rings. The van der Waals surface area contributed by atoms with Crippen LogP contribution in [0.1, 0.15) is 32.3 Å². The highest BCUT2D eigenvalue weighted by atomic mass is 32.2. The Morgan fingerprint density at radius 3 is 2.67 bits per heavy atom. The topological polar surface area (TPSA) is 66.8 Å². The minimum Gasteiger partial charge on any atom is -0.494 e. The number of carboxylic acids is 1. The fourth-order valence-electron chi connectivity index (χ4n) is 2.07. The van der Waals surface area contributed by atoms with Crippen molar-refractivity contribution in [1.82, 2.24) is 4.90 Å². The summed E-state index contributed by atoms with van der Waals surface area (Å²) < 4.78 is 5.86. The standard InChI is InChI=1S/C17H19NO4S2/c1-3-4-9-22-13-7-5-12(6-8-13)10-14-15(19)18(17(23)24-14)11(2)16(20)21/h5-8,10-11H,3-4,9H2,1-2H3,(H,20,21)/b14-10-/t11-/m0/s1. The molecule has 0 aromatic heterocycles.